The second-order valence-corrected chi connectivity index (χ2v) is 3.93. The van der Waals surface area contributed by atoms with Gasteiger partial charge in [0.25, 0.3) is 0 Å². The van der Waals surface area contributed by atoms with Gasteiger partial charge >= 0.3 is 0 Å². The van der Waals surface area contributed by atoms with E-state index in [1.807, 2.05) is 11.0 Å². The molecule has 0 atom stereocenters. The van der Waals surface area contributed by atoms with Crippen LogP contribution in [0.3, 0.4) is 0 Å². The summed E-state index contributed by atoms with van der Waals surface area (Å²) in [6.45, 7) is 4.11. The Morgan fingerprint density at radius 3 is 2.64 bits per heavy atom. The number of carbonyl (C=O) groups is 1. The number of rotatable bonds is 5. The number of carbonyl (C=O) groups excluding carboxylic acids is 1. The number of nitrogens with zero attached hydrogens (tertiary/aromatic N) is 1. The zero-order valence-electron chi connectivity index (χ0n) is 9.17. The highest BCUT2D eigenvalue weighted by atomic mass is 16.2. The number of amides is 1. The summed E-state index contributed by atoms with van der Waals surface area (Å²) in [7, 11) is 0. The highest BCUT2D eigenvalue weighted by Crippen LogP contribution is 2.08. The van der Waals surface area contributed by atoms with Gasteiger partial charge in [-0.05, 0) is 31.8 Å². The molecule has 0 bridgehead atoms. The Kier molecular flexibility index (Phi) is 5.35. The van der Waals surface area contributed by atoms with Crippen molar-refractivity contribution >= 4 is 5.91 Å². The van der Waals surface area contributed by atoms with Crippen molar-refractivity contribution in [3.8, 4) is 0 Å². The van der Waals surface area contributed by atoms with Crippen LogP contribution in [-0.2, 0) is 4.79 Å². The lowest BCUT2D eigenvalue weighted by Gasteiger charge is -2.11. The Labute approximate surface area is 87.0 Å². The van der Waals surface area contributed by atoms with Crippen LogP contribution in [0.5, 0.6) is 0 Å². The molecule has 1 amide bonds. The van der Waals surface area contributed by atoms with Gasteiger partial charge in [-0.15, -0.1) is 0 Å². The van der Waals surface area contributed by atoms with Crippen molar-refractivity contribution in [2.24, 2.45) is 0 Å². The monoisotopic (exact) mass is 195 g/mol. The van der Waals surface area contributed by atoms with Crippen LogP contribution in [-0.4, -0.2) is 23.9 Å². The fraction of sp³-hybridized carbons (Fsp3) is 0.750. The lowest BCUT2D eigenvalue weighted by molar-refractivity contribution is -0.125. The molecule has 0 aliphatic carbocycles. The summed E-state index contributed by atoms with van der Waals surface area (Å²) in [5.74, 6) is 0.207. The average molecular weight is 195 g/mol. The third-order valence-electron chi connectivity index (χ3n) is 2.65. The number of unbranched alkanes of at least 4 members (excludes halogenated alkanes) is 3. The van der Waals surface area contributed by atoms with Gasteiger partial charge in [0.05, 0.1) is 0 Å². The predicted octanol–water partition coefficient (Wildman–Crippen LogP) is 2.75. The van der Waals surface area contributed by atoms with Crippen LogP contribution in [0.15, 0.2) is 12.2 Å². The van der Waals surface area contributed by atoms with Crippen LogP contribution in [0.2, 0.25) is 0 Å². The maximum Gasteiger partial charge on any atom is 0.246 e. The summed E-state index contributed by atoms with van der Waals surface area (Å²) in [4.78, 5) is 13.5. The van der Waals surface area contributed by atoms with Gasteiger partial charge in [0.2, 0.25) is 5.91 Å². The molecule has 1 saturated heterocycles. The fourth-order valence-electron chi connectivity index (χ4n) is 1.74. The summed E-state index contributed by atoms with van der Waals surface area (Å²) in [5.41, 5.74) is 0. The Hall–Kier alpha value is -0.790. The third-order valence-corrected chi connectivity index (χ3v) is 2.65. The maximum absolute atomic E-state index is 11.5. The largest absolute Gasteiger partial charge is 0.339 e. The lowest BCUT2D eigenvalue weighted by Crippen LogP contribution is -2.25. The SMILES string of the molecule is CCCCC/C=C/C(=O)N1CCCC1. The summed E-state index contributed by atoms with van der Waals surface area (Å²) in [6, 6.07) is 0. The highest BCUT2D eigenvalue weighted by Gasteiger charge is 2.14. The van der Waals surface area contributed by atoms with Crippen molar-refractivity contribution in [2.45, 2.75) is 45.4 Å². The van der Waals surface area contributed by atoms with Crippen molar-refractivity contribution in [1.29, 1.82) is 0 Å². The molecule has 0 aromatic heterocycles. The summed E-state index contributed by atoms with van der Waals surface area (Å²) >= 11 is 0. The minimum absolute atomic E-state index is 0.207. The van der Waals surface area contributed by atoms with Crippen molar-refractivity contribution < 1.29 is 4.79 Å². The van der Waals surface area contributed by atoms with Gasteiger partial charge in [-0.3, -0.25) is 4.79 Å². The molecule has 1 heterocycles. The second kappa shape index (κ2) is 6.63. The fourth-order valence-corrected chi connectivity index (χ4v) is 1.74. The molecule has 2 nitrogen and oxygen atoms in total. The van der Waals surface area contributed by atoms with E-state index in [4.69, 9.17) is 0 Å². The Balaban J connectivity index is 2.12. The molecule has 1 aliphatic heterocycles. The number of hydrogen-bond acceptors (Lipinski definition) is 1. The molecule has 0 aromatic rings. The molecule has 1 aliphatic rings. The van der Waals surface area contributed by atoms with Crippen LogP contribution in [0.4, 0.5) is 0 Å². The molecule has 0 aromatic carbocycles. The van der Waals surface area contributed by atoms with Crippen molar-refractivity contribution in [3.63, 3.8) is 0 Å². The molecule has 0 radical (unpaired) electrons. The molecular formula is C12H21NO. The molecule has 1 fully saturated rings. The smallest absolute Gasteiger partial charge is 0.246 e. The van der Waals surface area contributed by atoms with E-state index in [2.05, 4.69) is 6.92 Å². The first kappa shape index (κ1) is 11.3. The standard InChI is InChI=1S/C12H21NO/c1-2-3-4-5-6-9-12(14)13-10-7-8-11-13/h6,9H,2-5,7-8,10-11H2,1H3/b9-6+. The molecule has 0 saturated carbocycles. The molecule has 0 spiro atoms. The zero-order valence-corrected chi connectivity index (χ0v) is 9.17. The Morgan fingerprint density at radius 1 is 1.29 bits per heavy atom. The Bertz CT molecular complexity index is 192. The van der Waals surface area contributed by atoms with E-state index in [9.17, 15) is 4.79 Å². The predicted molar refractivity (Wildman–Crippen MR) is 59.1 cm³/mol. The van der Waals surface area contributed by atoms with E-state index in [1.54, 1.807) is 6.08 Å². The van der Waals surface area contributed by atoms with E-state index >= 15 is 0 Å². The third kappa shape index (κ3) is 3.95. The van der Waals surface area contributed by atoms with E-state index in [0.717, 1.165) is 19.5 Å². The van der Waals surface area contributed by atoms with Gasteiger partial charge in [0.15, 0.2) is 0 Å². The highest BCUT2D eigenvalue weighted by molar-refractivity contribution is 5.87. The number of likely N-dealkylation sites (tertiary alicyclic amines) is 1. The summed E-state index contributed by atoms with van der Waals surface area (Å²) in [6.07, 6.45) is 10.9. The number of allylic oxidation sites excluding steroid dienone is 1. The lowest BCUT2D eigenvalue weighted by atomic mass is 10.2. The van der Waals surface area contributed by atoms with Crippen molar-refractivity contribution in [2.75, 3.05) is 13.1 Å². The van der Waals surface area contributed by atoms with Crippen molar-refractivity contribution in [3.05, 3.63) is 12.2 Å². The van der Waals surface area contributed by atoms with Gasteiger partial charge in [0, 0.05) is 13.1 Å². The Morgan fingerprint density at radius 2 is 2.00 bits per heavy atom. The van der Waals surface area contributed by atoms with E-state index in [1.165, 1.54) is 32.1 Å². The van der Waals surface area contributed by atoms with Crippen LogP contribution in [0, 0.1) is 0 Å². The van der Waals surface area contributed by atoms with Crippen LogP contribution in [0.25, 0.3) is 0 Å². The minimum Gasteiger partial charge on any atom is -0.339 e. The topological polar surface area (TPSA) is 20.3 Å². The molecule has 80 valence electrons. The molecule has 2 heteroatoms. The van der Waals surface area contributed by atoms with Crippen LogP contribution in [0.1, 0.15) is 45.4 Å². The average Bonchev–Trinajstić information content (AvgIpc) is 2.70. The van der Waals surface area contributed by atoms with Gasteiger partial charge in [0.1, 0.15) is 0 Å². The van der Waals surface area contributed by atoms with Crippen LogP contribution >= 0.6 is 0 Å². The van der Waals surface area contributed by atoms with Gasteiger partial charge in [-0.2, -0.15) is 0 Å². The first-order valence-electron chi connectivity index (χ1n) is 5.80. The first-order chi connectivity index (χ1) is 6.84. The second-order valence-electron chi connectivity index (χ2n) is 3.93. The molecular weight excluding hydrogens is 174 g/mol. The molecule has 14 heavy (non-hydrogen) atoms. The van der Waals surface area contributed by atoms with Gasteiger partial charge in [-0.1, -0.05) is 25.8 Å². The summed E-state index contributed by atoms with van der Waals surface area (Å²) in [5, 5.41) is 0. The van der Waals surface area contributed by atoms with E-state index in [-0.39, 0.29) is 5.91 Å². The maximum atomic E-state index is 11.5. The van der Waals surface area contributed by atoms with E-state index < -0.39 is 0 Å². The first-order valence-corrected chi connectivity index (χ1v) is 5.80. The summed E-state index contributed by atoms with van der Waals surface area (Å²) < 4.78 is 0. The molecule has 0 N–H and O–H groups in total. The van der Waals surface area contributed by atoms with Gasteiger partial charge in [-0.25, -0.2) is 0 Å². The van der Waals surface area contributed by atoms with Crippen LogP contribution < -0.4 is 0 Å². The molecule has 1 rings (SSSR count). The van der Waals surface area contributed by atoms with Gasteiger partial charge < -0.3 is 4.90 Å². The minimum atomic E-state index is 0.207. The number of hydrogen-bond donors (Lipinski definition) is 0. The normalized spacial score (nSPS) is 16.8. The van der Waals surface area contributed by atoms with E-state index in [0.29, 0.717) is 0 Å². The quantitative estimate of drug-likeness (QED) is 0.488. The molecule has 0 unspecified atom stereocenters. The zero-order chi connectivity index (χ0) is 10.2. The van der Waals surface area contributed by atoms with Crippen molar-refractivity contribution in [1.82, 2.24) is 4.90 Å².